The molecule has 4 heterocycles. The van der Waals surface area contributed by atoms with E-state index in [1.54, 1.807) is 36.5 Å². The summed E-state index contributed by atoms with van der Waals surface area (Å²) in [6.45, 7) is 5.34. The van der Waals surface area contributed by atoms with Crippen molar-refractivity contribution in [1.29, 1.82) is 0 Å². The number of anilines is 1. The number of carbonyl (C=O) groups excluding carboxylic acids is 1. The van der Waals surface area contributed by atoms with Gasteiger partial charge in [0.2, 0.25) is 0 Å². The van der Waals surface area contributed by atoms with Crippen LogP contribution in [0.2, 0.25) is 0 Å². The Kier molecular flexibility index (Phi) is 6.43. The Hall–Kier alpha value is -3.08. The van der Waals surface area contributed by atoms with E-state index in [-0.39, 0.29) is 36.0 Å². The smallest absolute Gasteiger partial charge is 0.267 e. The highest BCUT2D eigenvalue weighted by molar-refractivity contribution is 8.26. The molecule has 2 saturated heterocycles. The third-order valence-electron chi connectivity index (χ3n) is 5.87. The van der Waals surface area contributed by atoms with E-state index in [9.17, 15) is 14.0 Å². The standard InChI is InChI=1S/C25H23FN4O3S2/c1-15-12-28(13-16(2)33-15)22-19(23(31)29-10-4-3-5-21(29)27-22)11-20-24(32)30(25(34)35-20)14-17-6-8-18(26)9-7-17/h3-11,15-16H,12-14H2,1-2H3. The Morgan fingerprint density at radius 1 is 1.14 bits per heavy atom. The average molecular weight is 511 g/mol. The summed E-state index contributed by atoms with van der Waals surface area (Å²) in [5, 5.41) is 0. The molecule has 0 bridgehead atoms. The van der Waals surface area contributed by atoms with Gasteiger partial charge in [0.25, 0.3) is 11.5 Å². The average Bonchev–Trinajstić information content (AvgIpc) is 3.09. The van der Waals surface area contributed by atoms with Crippen LogP contribution in [0.4, 0.5) is 10.2 Å². The summed E-state index contributed by atoms with van der Waals surface area (Å²) in [5.41, 5.74) is 1.35. The first-order valence-corrected chi connectivity index (χ1v) is 12.4. The maximum absolute atomic E-state index is 13.6. The van der Waals surface area contributed by atoms with Gasteiger partial charge >= 0.3 is 0 Å². The van der Waals surface area contributed by atoms with Gasteiger partial charge in [0.1, 0.15) is 21.6 Å². The van der Waals surface area contributed by atoms with Gasteiger partial charge in [-0.15, -0.1) is 0 Å². The zero-order valence-corrected chi connectivity index (χ0v) is 20.8. The van der Waals surface area contributed by atoms with Crippen molar-refractivity contribution in [3.8, 4) is 0 Å². The Labute approximate surface area is 211 Å². The molecule has 2 aliphatic heterocycles. The predicted molar refractivity (Wildman–Crippen MR) is 139 cm³/mol. The molecule has 1 amide bonds. The number of rotatable bonds is 4. The number of thiocarbonyl (C=S) groups is 1. The summed E-state index contributed by atoms with van der Waals surface area (Å²) in [6.07, 6.45) is 3.20. The molecule has 0 saturated carbocycles. The number of carbonyl (C=O) groups is 1. The third kappa shape index (κ3) is 4.73. The first-order chi connectivity index (χ1) is 16.8. The van der Waals surface area contributed by atoms with Gasteiger partial charge in [-0.3, -0.25) is 18.9 Å². The maximum atomic E-state index is 13.6. The van der Waals surface area contributed by atoms with Crippen LogP contribution < -0.4 is 10.5 Å². The van der Waals surface area contributed by atoms with Crippen LogP contribution in [-0.4, -0.2) is 49.8 Å². The molecule has 7 nitrogen and oxygen atoms in total. The van der Waals surface area contributed by atoms with Crippen molar-refractivity contribution in [1.82, 2.24) is 14.3 Å². The molecule has 5 rings (SSSR count). The van der Waals surface area contributed by atoms with Gasteiger partial charge in [-0.25, -0.2) is 9.37 Å². The fraction of sp³-hybridized carbons (Fsp3) is 0.280. The second-order valence-corrected chi connectivity index (χ2v) is 10.3. The van der Waals surface area contributed by atoms with Crippen LogP contribution in [0.5, 0.6) is 0 Å². The number of pyridine rings is 1. The number of hydrogen-bond acceptors (Lipinski definition) is 7. The zero-order chi connectivity index (χ0) is 24.7. The third-order valence-corrected chi connectivity index (χ3v) is 7.25. The minimum Gasteiger partial charge on any atom is -0.372 e. The van der Waals surface area contributed by atoms with Crippen molar-refractivity contribution in [2.24, 2.45) is 0 Å². The molecule has 10 heteroatoms. The van der Waals surface area contributed by atoms with Gasteiger partial charge in [0.15, 0.2) is 0 Å². The Balaban J connectivity index is 1.55. The molecule has 0 N–H and O–H groups in total. The molecule has 2 aromatic heterocycles. The lowest BCUT2D eigenvalue weighted by Crippen LogP contribution is -2.46. The lowest BCUT2D eigenvalue weighted by molar-refractivity contribution is -0.122. The van der Waals surface area contributed by atoms with E-state index in [4.69, 9.17) is 21.9 Å². The molecule has 2 unspecified atom stereocenters. The highest BCUT2D eigenvalue weighted by Gasteiger charge is 2.33. The van der Waals surface area contributed by atoms with Crippen LogP contribution in [0.15, 0.2) is 58.4 Å². The number of morpholine rings is 1. The molecule has 2 atom stereocenters. The summed E-state index contributed by atoms with van der Waals surface area (Å²) in [6, 6.07) is 11.3. The van der Waals surface area contributed by atoms with Gasteiger partial charge in [-0.05, 0) is 49.8 Å². The van der Waals surface area contributed by atoms with E-state index in [1.165, 1.54) is 21.4 Å². The molecule has 35 heavy (non-hydrogen) atoms. The van der Waals surface area contributed by atoms with Crippen molar-refractivity contribution in [3.63, 3.8) is 0 Å². The van der Waals surface area contributed by atoms with Crippen LogP contribution >= 0.6 is 24.0 Å². The summed E-state index contributed by atoms with van der Waals surface area (Å²) < 4.78 is 21.0. The second-order valence-electron chi connectivity index (χ2n) is 8.64. The van der Waals surface area contributed by atoms with E-state index in [1.807, 2.05) is 24.8 Å². The number of ether oxygens (including phenoxy) is 1. The van der Waals surface area contributed by atoms with Crippen molar-refractivity contribution in [2.45, 2.75) is 32.6 Å². The molecule has 1 aromatic carbocycles. The second kappa shape index (κ2) is 9.52. The number of thioether (sulfide) groups is 1. The summed E-state index contributed by atoms with van der Waals surface area (Å²) in [5.74, 6) is -0.119. The summed E-state index contributed by atoms with van der Waals surface area (Å²) in [7, 11) is 0. The SMILES string of the molecule is CC1CN(c2nc3ccccn3c(=O)c2C=C2SC(=S)N(Cc3ccc(F)cc3)C2=O)CC(C)O1. The summed E-state index contributed by atoms with van der Waals surface area (Å²) >= 11 is 6.61. The predicted octanol–water partition coefficient (Wildman–Crippen LogP) is 3.85. The molecular weight excluding hydrogens is 487 g/mol. The van der Waals surface area contributed by atoms with Gasteiger partial charge in [-0.2, -0.15) is 0 Å². The largest absolute Gasteiger partial charge is 0.372 e. The van der Waals surface area contributed by atoms with E-state index in [0.717, 1.165) is 17.3 Å². The van der Waals surface area contributed by atoms with E-state index in [2.05, 4.69) is 0 Å². The normalized spacial score (nSPS) is 22.0. The molecule has 0 radical (unpaired) electrons. The Morgan fingerprint density at radius 3 is 2.57 bits per heavy atom. The number of halogens is 1. The first-order valence-electron chi connectivity index (χ1n) is 11.2. The Bertz CT molecular complexity index is 1400. The van der Waals surface area contributed by atoms with Crippen LogP contribution in [0.3, 0.4) is 0 Å². The van der Waals surface area contributed by atoms with Crippen LogP contribution in [0, 0.1) is 5.82 Å². The summed E-state index contributed by atoms with van der Waals surface area (Å²) in [4.78, 5) is 35.5. The minimum atomic E-state index is -0.345. The molecule has 0 spiro atoms. The molecular formula is C25H23FN4O3S2. The number of aromatic nitrogens is 2. The highest BCUT2D eigenvalue weighted by Crippen LogP contribution is 2.35. The molecule has 0 aliphatic carbocycles. The number of hydrogen-bond donors (Lipinski definition) is 0. The van der Waals surface area contributed by atoms with Crippen LogP contribution in [-0.2, 0) is 16.1 Å². The first kappa shape index (κ1) is 23.7. The van der Waals surface area contributed by atoms with Gasteiger partial charge < -0.3 is 9.64 Å². The topological polar surface area (TPSA) is 67.2 Å². The van der Waals surface area contributed by atoms with Crippen molar-refractivity contribution in [2.75, 3.05) is 18.0 Å². The van der Waals surface area contributed by atoms with Crippen molar-refractivity contribution in [3.05, 3.63) is 80.9 Å². The van der Waals surface area contributed by atoms with Crippen LogP contribution in [0.1, 0.15) is 25.0 Å². The molecule has 3 aromatic rings. The van der Waals surface area contributed by atoms with Crippen molar-refractivity contribution >= 4 is 51.7 Å². The van der Waals surface area contributed by atoms with Crippen molar-refractivity contribution < 1.29 is 13.9 Å². The number of fused-ring (bicyclic) bond motifs is 1. The Morgan fingerprint density at radius 2 is 1.86 bits per heavy atom. The van der Waals surface area contributed by atoms with Gasteiger partial charge in [0, 0.05) is 19.3 Å². The van der Waals surface area contributed by atoms with E-state index >= 15 is 0 Å². The molecule has 2 aliphatic rings. The maximum Gasteiger partial charge on any atom is 0.267 e. The quantitative estimate of drug-likeness (QED) is 0.390. The zero-order valence-electron chi connectivity index (χ0n) is 19.2. The highest BCUT2D eigenvalue weighted by atomic mass is 32.2. The van der Waals surface area contributed by atoms with Gasteiger partial charge in [0.05, 0.1) is 29.2 Å². The minimum absolute atomic E-state index is 0.0310. The molecule has 2 fully saturated rings. The monoisotopic (exact) mass is 510 g/mol. The molecule has 180 valence electrons. The lowest BCUT2D eigenvalue weighted by Gasteiger charge is -2.36. The lowest BCUT2D eigenvalue weighted by atomic mass is 10.1. The number of benzene rings is 1. The number of nitrogens with zero attached hydrogens (tertiary/aromatic N) is 4. The van der Waals surface area contributed by atoms with Gasteiger partial charge in [-0.1, -0.05) is 42.2 Å². The number of amides is 1. The fourth-order valence-corrected chi connectivity index (χ4v) is 5.59. The van der Waals surface area contributed by atoms with E-state index in [0.29, 0.717) is 39.3 Å². The van der Waals surface area contributed by atoms with E-state index < -0.39 is 0 Å². The van der Waals surface area contributed by atoms with Crippen LogP contribution in [0.25, 0.3) is 11.7 Å². The fourth-order valence-electron chi connectivity index (χ4n) is 4.35.